The van der Waals surface area contributed by atoms with Gasteiger partial charge in [0.25, 0.3) is 0 Å². The highest BCUT2D eigenvalue weighted by Crippen LogP contribution is 2.66. The van der Waals surface area contributed by atoms with Gasteiger partial charge in [0.05, 0.1) is 16.9 Å². The molecule has 2 nitrogen and oxygen atoms in total. The molecule has 0 N–H and O–H groups in total. The van der Waals surface area contributed by atoms with Gasteiger partial charge >= 0.3 is 0 Å². The molecule has 2 bridgehead atoms. The van der Waals surface area contributed by atoms with Crippen molar-refractivity contribution in [3.63, 3.8) is 0 Å². The maximum atomic E-state index is 2.59. The summed E-state index contributed by atoms with van der Waals surface area (Å²) in [6.45, 7) is 2.34. The van der Waals surface area contributed by atoms with E-state index in [0.29, 0.717) is 11.8 Å². The van der Waals surface area contributed by atoms with Gasteiger partial charge in [-0.15, -0.1) is 0 Å². The van der Waals surface area contributed by atoms with E-state index in [2.05, 4.69) is 174 Å². The van der Waals surface area contributed by atoms with Crippen molar-refractivity contribution in [3.05, 3.63) is 174 Å². The minimum Gasteiger partial charge on any atom is -0.311 e. The van der Waals surface area contributed by atoms with Crippen molar-refractivity contribution in [2.45, 2.75) is 44.4 Å². The van der Waals surface area contributed by atoms with E-state index >= 15 is 0 Å². The van der Waals surface area contributed by atoms with Gasteiger partial charge in [0, 0.05) is 33.4 Å². The Morgan fingerprint density at radius 3 is 2.23 bits per heavy atom. The third-order valence-corrected chi connectivity index (χ3v) is 13.0. The SMILES string of the molecule is CC1C=Cc2c(n(-c3ccccc3N(c3ccc(-c4ccccc4)cc3)c3ccc4c(c3)[C@@]3(C[C@H]5CC[C@@H]3C5)c3ccccc3-4)c3ccccc23)C1. The quantitative estimate of drug-likeness (QED) is 0.177. The summed E-state index contributed by atoms with van der Waals surface area (Å²) in [5.74, 6) is 2.04. The molecule has 252 valence electrons. The van der Waals surface area contributed by atoms with Crippen molar-refractivity contribution in [1.82, 2.24) is 4.57 Å². The monoisotopic (exact) mass is 670 g/mol. The summed E-state index contributed by atoms with van der Waals surface area (Å²) in [4.78, 5) is 2.54. The predicted octanol–water partition coefficient (Wildman–Crippen LogP) is 13.1. The molecule has 6 aromatic carbocycles. The van der Waals surface area contributed by atoms with Crippen LogP contribution in [-0.2, 0) is 11.8 Å². The first kappa shape index (κ1) is 30.1. The fraction of sp³-hybridized carbons (Fsp3) is 0.200. The minimum absolute atomic E-state index is 0.116. The molecule has 0 saturated heterocycles. The maximum absolute atomic E-state index is 2.59. The maximum Gasteiger partial charge on any atom is 0.0702 e. The van der Waals surface area contributed by atoms with Gasteiger partial charge < -0.3 is 9.47 Å². The Morgan fingerprint density at radius 1 is 0.654 bits per heavy atom. The number of allylic oxidation sites excluding steroid dienone is 1. The summed E-state index contributed by atoms with van der Waals surface area (Å²) < 4.78 is 2.56. The lowest BCUT2D eigenvalue weighted by Crippen LogP contribution is -2.32. The van der Waals surface area contributed by atoms with Gasteiger partial charge in [-0.3, -0.25) is 0 Å². The van der Waals surface area contributed by atoms with Crippen molar-refractivity contribution in [2.24, 2.45) is 17.8 Å². The van der Waals surface area contributed by atoms with Gasteiger partial charge in [-0.2, -0.15) is 0 Å². The van der Waals surface area contributed by atoms with Crippen LogP contribution in [0.15, 0.2) is 152 Å². The fourth-order valence-electron chi connectivity index (χ4n) is 10.8. The molecule has 1 unspecified atom stereocenters. The number of nitrogens with zero attached hydrogens (tertiary/aromatic N) is 2. The molecule has 4 aliphatic rings. The largest absolute Gasteiger partial charge is 0.311 e. The van der Waals surface area contributed by atoms with Crippen LogP contribution >= 0.6 is 0 Å². The first-order valence-corrected chi connectivity index (χ1v) is 19.3. The standard InChI is InChI=1S/C50H42N2/c1-33-19-27-43-42-14-6-8-16-46(42)52(49(43)29-33)48-18-10-9-17-47(48)51(38-24-21-36(22-25-38)35-11-3-2-4-12-35)39-26-28-41-40-13-5-7-15-44(40)50(45(41)31-39)32-34-20-23-37(50)30-34/h2-19,21-22,24-28,31,33-34,37H,20,23,29-30,32H2,1H3/t33?,34-,37+,50+/m0/s1. The molecule has 0 radical (unpaired) electrons. The molecule has 1 heterocycles. The van der Waals surface area contributed by atoms with Crippen LogP contribution in [0, 0.1) is 17.8 Å². The molecule has 0 amide bonds. The minimum atomic E-state index is 0.116. The number of para-hydroxylation sites is 3. The topological polar surface area (TPSA) is 8.17 Å². The summed E-state index contributed by atoms with van der Waals surface area (Å²) in [7, 11) is 0. The predicted molar refractivity (Wildman–Crippen MR) is 217 cm³/mol. The van der Waals surface area contributed by atoms with Crippen LogP contribution in [-0.4, -0.2) is 4.57 Å². The second-order valence-corrected chi connectivity index (χ2v) is 15.8. The summed E-state index contributed by atoms with van der Waals surface area (Å²) in [5.41, 5.74) is 17.4. The molecule has 0 aliphatic heterocycles. The number of anilines is 3. The van der Waals surface area contributed by atoms with Crippen LogP contribution in [0.25, 0.3) is 44.9 Å². The second-order valence-electron chi connectivity index (χ2n) is 15.8. The first-order chi connectivity index (χ1) is 25.7. The summed E-state index contributed by atoms with van der Waals surface area (Å²) in [5, 5.41) is 1.32. The van der Waals surface area contributed by atoms with E-state index in [9.17, 15) is 0 Å². The third-order valence-electron chi connectivity index (χ3n) is 13.0. The number of hydrogen-bond donors (Lipinski definition) is 0. The summed E-state index contributed by atoms with van der Waals surface area (Å²) in [6.07, 6.45) is 11.1. The van der Waals surface area contributed by atoms with Crippen LogP contribution in [0.5, 0.6) is 0 Å². The van der Waals surface area contributed by atoms with Gasteiger partial charge in [-0.05, 0) is 119 Å². The van der Waals surface area contributed by atoms with Gasteiger partial charge in [0.15, 0.2) is 0 Å². The summed E-state index contributed by atoms with van der Waals surface area (Å²) in [6, 6.07) is 54.8. The number of aromatic nitrogens is 1. The van der Waals surface area contributed by atoms with E-state index in [0.717, 1.165) is 12.3 Å². The molecule has 4 aliphatic carbocycles. The van der Waals surface area contributed by atoms with E-state index in [1.165, 1.54) is 92.8 Å². The first-order valence-electron chi connectivity index (χ1n) is 19.3. The Labute approximate surface area is 306 Å². The van der Waals surface area contributed by atoms with Crippen LogP contribution in [0.1, 0.15) is 55.0 Å². The smallest absolute Gasteiger partial charge is 0.0702 e. The zero-order valence-corrected chi connectivity index (χ0v) is 29.7. The lowest BCUT2D eigenvalue weighted by molar-refractivity contribution is 0.327. The molecule has 52 heavy (non-hydrogen) atoms. The molecule has 1 aromatic heterocycles. The van der Waals surface area contributed by atoms with E-state index in [-0.39, 0.29) is 5.41 Å². The van der Waals surface area contributed by atoms with Crippen molar-refractivity contribution >= 4 is 34.0 Å². The molecule has 2 fully saturated rings. The average Bonchev–Trinajstić information content (AvgIpc) is 3.96. The molecule has 2 saturated carbocycles. The molecule has 11 rings (SSSR count). The molecule has 2 heteroatoms. The van der Waals surface area contributed by atoms with Crippen molar-refractivity contribution in [1.29, 1.82) is 0 Å². The number of benzene rings is 6. The number of rotatable bonds is 5. The fourth-order valence-corrected chi connectivity index (χ4v) is 10.8. The van der Waals surface area contributed by atoms with Crippen LogP contribution in [0.3, 0.4) is 0 Å². The normalized spacial score (nSPS) is 22.1. The van der Waals surface area contributed by atoms with E-state index in [1.807, 2.05) is 0 Å². The molecule has 7 aromatic rings. The Kier molecular flexibility index (Phi) is 6.62. The highest BCUT2D eigenvalue weighted by molar-refractivity contribution is 5.95. The zero-order valence-electron chi connectivity index (χ0n) is 29.7. The Bertz CT molecular complexity index is 2540. The van der Waals surface area contributed by atoms with Crippen LogP contribution < -0.4 is 4.90 Å². The Hall–Kier alpha value is -5.60. The van der Waals surface area contributed by atoms with E-state index in [4.69, 9.17) is 0 Å². The van der Waals surface area contributed by atoms with Crippen LogP contribution in [0.4, 0.5) is 17.1 Å². The lowest BCUT2D eigenvalue weighted by Gasteiger charge is -2.37. The third kappa shape index (κ3) is 4.30. The average molecular weight is 671 g/mol. The van der Waals surface area contributed by atoms with Crippen molar-refractivity contribution in [2.75, 3.05) is 4.90 Å². The highest BCUT2D eigenvalue weighted by atomic mass is 15.2. The molecular weight excluding hydrogens is 629 g/mol. The lowest BCUT2D eigenvalue weighted by atomic mass is 9.67. The van der Waals surface area contributed by atoms with Gasteiger partial charge in [-0.1, -0.05) is 129 Å². The molecule has 1 spiro atoms. The van der Waals surface area contributed by atoms with Gasteiger partial charge in [-0.25, -0.2) is 0 Å². The van der Waals surface area contributed by atoms with Gasteiger partial charge in [0.2, 0.25) is 0 Å². The van der Waals surface area contributed by atoms with Gasteiger partial charge in [0.1, 0.15) is 0 Å². The van der Waals surface area contributed by atoms with Crippen molar-refractivity contribution < 1.29 is 0 Å². The summed E-state index contributed by atoms with van der Waals surface area (Å²) >= 11 is 0. The zero-order chi connectivity index (χ0) is 34.4. The molecular formula is C50H42N2. The molecule has 4 atom stereocenters. The number of fused-ring (bicyclic) bond motifs is 11. The Balaban J connectivity index is 1.14. The Morgan fingerprint density at radius 2 is 1.38 bits per heavy atom. The van der Waals surface area contributed by atoms with Crippen molar-refractivity contribution in [3.8, 4) is 27.9 Å². The highest BCUT2D eigenvalue weighted by Gasteiger charge is 2.56. The van der Waals surface area contributed by atoms with Crippen LogP contribution in [0.2, 0.25) is 0 Å². The number of hydrogen-bond acceptors (Lipinski definition) is 1. The van der Waals surface area contributed by atoms with E-state index in [1.54, 1.807) is 11.1 Å². The second kappa shape index (κ2) is 11.5. The van der Waals surface area contributed by atoms with E-state index < -0.39 is 0 Å².